The van der Waals surface area contributed by atoms with Crippen LogP contribution in [0.5, 0.6) is 0 Å². The Morgan fingerprint density at radius 2 is 1.32 bits per heavy atom. The van der Waals surface area contributed by atoms with Gasteiger partial charge in [-0.25, -0.2) is 0 Å². The molecule has 19 heavy (non-hydrogen) atoms. The minimum absolute atomic E-state index is 0.435. The molecule has 0 bridgehead atoms. The molecule has 0 aromatic carbocycles. The molecular formula is C16H32OSi2. The summed E-state index contributed by atoms with van der Waals surface area (Å²) in [6, 6.07) is 0. The number of rotatable bonds is 4. The van der Waals surface area contributed by atoms with E-state index < -0.39 is 15.2 Å². The lowest BCUT2D eigenvalue weighted by molar-refractivity contribution is 0.358. The summed E-state index contributed by atoms with van der Waals surface area (Å²) in [6.07, 6.45) is 0.435. The number of allylic oxidation sites excluding steroid dienone is 4. The van der Waals surface area contributed by atoms with Crippen molar-refractivity contribution in [1.29, 1.82) is 0 Å². The summed E-state index contributed by atoms with van der Waals surface area (Å²) in [5.41, 5.74) is 7.34. The quantitative estimate of drug-likeness (QED) is 0.735. The standard InChI is InChI=1S/C16H32OSi2/c1-11(2)18(7,8)19(9,10-17)16-14(5)12(3)13(4)15(16)6/h11,16-17H,10H2,1-9H3. The lowest BCUT2D eigenvalue weighted by Gasteiger charge is -2.48. The monoisotopic (exact) mass is 296 g/mol. The number of aliphatic hydroxyl groups excluding tert-OH is 1. The zero-order valence-electron chi connectivity index (χ0n) is 14.3. The molecule has 0 aromatic rings. The average molecular weight is 297 g/mol. The fourth-order valence-corrected chi connectivity index (χ4v) is 17.3. The molecule has 3 heteroatoms. The summed E-state index contributed by atoms with van der Waals surface area (Å²) in [4.78, 5) is 0. The van der Waals surface area contributed by atoms with Crippen LogP contribution < -0.4 is 0 Å². The summed E-state index contributed by atoms with van der Waals surface area (Å²) >= 11 is 0. The van der Waals surface area contributed by atoms with E-state index in [1.165, 1.54) is 11.1 Å². The van der Waals surface area contributed by atoms with E-state index in [9.17, 15) is 5.11 Å². The first-order valence-corrected chi connectivity index (χ1v) is 14.3. The van der Waals surface area contributed by atoms with Crippen LogP contribution >= 0.6 is 0 Å². The fourth-order valence-electron chi connectivity index (χ4n) is 3.63. The maximum atomic E-state index is 10.3. The van der Waals surface area contributed by atoms with Crippen molar-refractivity contribution < 1.29 is 5.11 Å². The second-order valence-corrected chi connectivity index (χ2v) is 23.1. The third-order valence-corrected chi connectivity index (χ3v) is 27.0. The van der Waals surface area contributed by atoms with Crippen molar-refractivity contribution in [2.45, 2.75) is 72.3 Å². The van der Waals surface area contributed by atoms with Crippen molar-refractivity contribution in [3.05, 3.63) is 22.3 Å². The highest BCUT2D eigenvalue weighted by molar-refractivity contribution is 7.42. The van der Waals surface area contributed by atoms with Crippen molar-refractivity contribution in [1.82, 2.24) is 0 Å². The molecule has 0 spiro atoms. The van der Waals surface area contributed by atoms with E-state index in [-0.39, 0.29) is 0 Å². The molecule has 1 aliphatic rings. The van der Waals surface area contributed by atoms with Crippen LogP contribution in [0.25, 0.3) is 0 Å². The zero-order chi connectivity index (χ0) is 15.2. The normalized spacial score (nSPS) is 21.6. The first kappa shape index (κ1) is 16.9. The minimum Gasteiger partial charge on any atom is -0.400 e. The molecule has 1 nitrogen and oxygen atoms in total. The zero-order valence-corrected chi connectivity index (χ0v) is 16.3. The van der Waals surface area contributed by atoms with Gasteiger partial charge in [0.05, 0.1) is 7.59 Å². The van der Waals surface area contributed by atoms with Crippen LogP contribution in [-0.2, 0) is 0 Å². The van der Waals surface area contributed by atoms with Gasteiger partial charge in [0.1, 0.15) is 0 Å². The Morgan fingerprint density at radius 3 is 1.58 bits per heavy atom. The Hall–Kier alpha value is -0.126. The predicted octanol–water partition coefficient (Wildman–Crippen LogP) is 4.85. The highest BCUT2D eigenvalue weighted by atomic mass is 29.3. The van der Waals surface area contributed by atoms with Crippen molar-refractivity contribution in [3.63, 3.8) is 0 Å². The summed E-state index contributed by atoms with van der Waals surface area (Å²) in [5, 5.41) is 10.3. The van der Waals surface area contributed by atoms with Crippen LogP contribution in [0.15, 0.2) is 22.3 Å². The van der Waals surface area contributed by atoms with E-state index in [0.29, 0.717) is 11.8 Å². The molecule has 1 unspecified atom stereocenters. The van der Waals surface area contributed by atoms with Crippen molar-refractivity contribution in [2.75, 3.05) is 6.23 Å². The maximum absolute atomic E-state index is 10.3. The maximum Gasteiger partial charge on any atom is 0.0859 e. The van der Waals surface area contributed by atoms with Gasteiger partial charge in [0.15, 0.2) is 0 Å². The molecular weight excluding hydrogens is 264 g/mol. The number of aliphatic hydroxyl groups is 1. The van der Waals surface area contributed by atoms with Gasteiger partial charge in [-0.3, -0.25) is 0 Å². The van der Waals surface area contributed by atoms with Gasteiger partial charge in [-0.15, -0.1) is 0 Å². The lowest BCUT2D eigenvalue weighted by atomic mass is 10.1. The van der Waals surface area contributed by atoms with Gasteiger partial charge in [0.2, 0.25) is 0 Å². The van der Waals surface area contributed by atoms with E-state index in [1.54, 1.807) is 11.1 Å². The van der Waals surface area contributed by atoms with Crippen LogP contribution in [0.1, 0.15) is 41.5 Å². The fraction of sp³-hybridized carbons (Fsp3) is 0.750. The van der Waals surface area contributed by atoms with Crippen LogP contribution in [0.3, 0.4) is 0 Å². The highest BCUT2D eigenvalue weighted by Crippen LogP contribution is 2.50. The van der Waals surface area contributed by atoms with Gasteiger partial charge in [0.25, 0.3) is 0 Å². The first-order chi connectivity index (χ1) is 8.52. The average Bonchev–Trinajstić information content (AvgIpc) is 2.53. The molecule has 0 amide bonds. The van der Waals surface area contributed by atoms with Crippen LogP contribution in [0.4, 0.5) is 0 Å². The van der Waals surface area contributed by atoms with E-state index in [1.807, 2.05) is 0 Å². The second-order valence-electron chi connectivity index (χ2n) is 7.50. The van der Waals surface area contributed by atoms with Crippen molar-refractivity contribution >= 4 is 15.2 Å². The molecule has 1 aliphatic carbocycles. The first-order valence-electron chi connectivity index (χ1n) is 7.48. The number of hydrogen-bond acceptors (Lipinski definition) is 1. The smallest absolute Gasteiger partial charge is 0.0859 e. The van der Waals surface area contributed by atoms with Gasteiger partial charge in [-0.2, -0.15) is 0 Å². The van der Waals surface area contributed by atoms with Gasteiger partial charge in [0, 0.05) is 13.8 Å². The Balaban J connectivity index is 3.41. The summed E-state index contributed by atoms with van der Waals surface area (Å²) in [5.74, 6) is 0. The molecule has 0 radical (unpaired) electrons. The molecule has 0 aromatic heterocycles. The molecule has 0 heterocycles. The molecule has 0 saturated carbocycles. The van der Waals surface area contributed by atoms with Gasteiger partial charge >= 0.3 is 0 Å². The van der Waals surface area contributed by atoms with Crippen LogP contribution in [0.2, 0.25) is 30.7 Å². The van der Waals surface area contributed by atoms with Crippen molar-refractivity contribution in [2.24, 2.45) is 0 Å². The second kappa shape index (κ2) is 5.34. The van der Waals surface area contributed by atoms with Gasteiger partial charge < -0.3 is 5.11 Å². The SMILES string of the molecule is CC1=C(C)C([Si](C)(CO)[Si](C)(C)C(C)C)C(C)=C1C. The Kier molecular flexibility index (Phi) is 4.76. The van der Waals surface area contributed by atoms with Crippen LogP contribution in [0, 0.1) is 0 Å². The van der Waals surface area contributed by atoms with Crippen LogP contribution in [-0.4, -0.2) is 26.5 Å². The summed E-state index contributed by atoms with van der Waals surface area (Å²) in [7, 11) is -3.13. The molecule has 1 N–H and O–H groups in total. The molecule has 110 valence electrons. The summed E-state index contributed by atoms with van der Waals surface area (Å²) in [6.45, 7) is 21.3. The topological polar surface area (TPSA) is 20.2 Å². The van der Waals surface area contributed by atoms with E-state index in [4.69, 9.17) is 0 Å². The molecule has 1 atom stereocenters. The van der Waals surface area contributed by atoms with E-state index in [2.05, 4.69) is 61.2 Å². The lowest BCUT2D eigenvalue weighted by Crippen LogP contribution is -2.64. The highest BCUT2D eigenvalue weighted by Gasteiger charge is 2.53. The predicted molar refractivity (Wildman–Crippen MR) is 91.8 cm³/mol. The molecule has 0 aliphatic heterocycles. The van der Waals surface area contributed by atoms with Crippen molar-refractivity contribution in [3.8, 4) is 0 Å². The Bertz CT molecular complexity index is 408. The summed E-state index contributed by atoms with van der Waals surface area (Å²) < 4.78 is 0. The van der Waals surface area contributed by atoms with Gasteiger partial charge in [-0.05, 0) is 44.4 Å². The molecule has 0 saturated heterocycles. The third-order valence-electron chi connectivity index (χ3n) is 6.49. The third kappa shape index (κ3) is 2.34. The molecule has 0 fully saturated rings. The Labute approximate surface area is 121 Å². The number of hydrogen-bond donors (Lipinski definition) is 1. The van der Waals surface area contributed by atoms with E-state index in [0.717, 1.165) is 5.54 Å². The van der Waals surface area contributed by atoms with Gasteiger partial charge in [-0.1, -0.05) is 50.2 Å². The Morgan fingerprint density at radius 1 is 0.947 bits per heavy atom. The minimum atomic E-state index is -1.71. The largest absolute Gasteiger partial charge is 0.400 e. The molecule has 1 rings (SSSR count). The van der Waals surface area contributed by atoms with E-state index >= 15 is 0 Å².